The van der Waals surface area contributed by atoms with Crippen molar-refractivity contribution in [1.29, 1.82) is 0 Å². The number of pyridine rings is 1. The fraction of sp³-hybridized carbons (Fsp3) is 0.306. The number of primary amides is 1. The molecular weight excluding hydrogens is 552 g/mol. The molecule has 1 atom stereocenters. The average Bonchev–Trinajstić information content (AvgIpc) is 3.79. The maximum atomic E-state index is 13.4. The lowest BCUT2D eigenvalue weighted by Gasteiger charge is -2.16. The van der Waals surface area contributed by atoms with Crippen LogP contribution in [-0.4, -0.2) is 21.4 Å². The van der Waals surface area contributed by atoms with E-state index in [1.165, 1.54) is 45.6 Å². The van der Waals surface area contributed by atoms with Crippen LogP contribution in [0.2, 0.25) is 0 Å². The van der Waals surface area contributed by atoms with Gasteiger partial charge in [0, 0.05) is 28.6 Å². The molecule has 2 aliphatic carbocycles. The van der Waals surface area contributed by atoms with Gasteiger partial charge < -0.3 is 15.6 Å². The number of rotatable bonds is 8. The molecule has 7 heteroatoms. The summed E-state index contributed by atoms with van der Waals surface area (Å²) >= 11 is 1.40. The molecule has 6 nitrogen and oxygen atoms in total. The van der Waals surface area contributed by atoms with Gasteiger partial charge in [-0.1, -0.05) is 56.3 Å². The third-order valence-corrected chi connectivity index (χ3v) is 9.96. The van der Waals surface area contributed by atoms with Crippen molar-refractivity contribution >= 4 is 34.2 Å². The summed E-state index contributed by atoms with van der Waals surface area (Å²) in [6.45, 7) is 4.94. The molecule has 2 amide bonds. The highest BCUT2D eigenvalue weighted by molar-refractivity contribution is 7.17. The number of amides is 2. The number of fused-ring (bicyclic) bond motifs is 3. The topological polar surface area (TPSA) is 90.0 Å². The molecule has 0 radical (unpaired) electrons. The minimum Gasteiger partial charge on any atom is -0.366 e. The van der Waals surface area contributed by atoms with Gasteiger partial charge in [0.1, 0.15) is 5.65 Å². The molecule has 3 aromatic heterocycles. The predicted molar refractivity (Wildman–Crippen MR) is 173 cm³/mol. The van der Waals surface area contributed by atoms with Crippen LogP contribution in [0.25, 0.3) is 21.5 Å². The van der Waals surface area contributed by atoms with E-state index in [2.05, 4.69) is 60.3 Å². The molecule has 5 aromatic rings. The molecule has 0 saturated heterocycles. The second-order valence-electron chi connectivity index (χ2n) is 12.3. The SMILES string of the molecule is CC(C)Cc1nc2c(ccn2Cc2ccc3c(c2)CCC3)c(-c2ccc(C(=O)N[C@@H]3CCc4ccccc43)s2)c1C(N)=O. The summed E-state index contributed by atoms with van der Waals surface area (Å²) in [4.78, 5) is 33.0. The highest BCUT2D eigenvalue weighted by Gasteiger charge is 2.27. The van der Waals surface area contributed by atoms with Crippen molar-refractivity contribution in [2.24, 2.45) is 11.7 Å². The molecule has 0 aliphatic heterocycles. The molecule has 0 bridgehead atoms. The fourth-order valence-electron chi connectivity index (χ4n) is 6.88. The van der Waals surface area contributed by atoms with Gasteiger partial charge in [-0.2, -0.15) is 0 Å². The van der Waals surface area contributed by atoms with E-state index >= 15 is 0 Å². The Morgan fingerprint density at radius 1 is 1.02 bits per heavy atom. The summed E-state index contributed by atoms with van der Waals surface area (Å²) < 4.78 is 2.17. The number of carbonyl (C=O) groups is 2. The summed E-state index contributed by atoms with van der Waals surface area (Å²) in [5.74, 6) is -0.302. The van der Waals surface area contributed by atoms with E-state index in [0.29, 0.717) is 29.1 Å². The molecule has 0 spiro atoms. The zero-order valence-corrected chi connectivity index (χ0v) is 25.5. The number of carbonyl (C=O) groups excluding carboxylic acids is 2. The maximum absolute atomic E-state index is 13.4. The first-order valence-electron chi connectivity index (χ1n) is 15.3. The van der Waals surface area contributed by atoms with Gasteiger partial charge in [-0.25, -0.2) is 4.98 Å². The molecule has 3 N–H and O–H groups in total. The highest BCUT2D eigenvalue weighted by Crippen LogP contribution is 2.39. The van der Waals surface area contributed by atoms with Crippen LogP contribution in [0.5, 0.6) is 0 Å². The average molecular weight is 589 g/mol. The molecule has 0 unspecified atom stereocenters. The Bertz CT molecular complexity index is 1880. The Morgan fingerprint density at radius 2 is 1.86 bits per heavy atom. The maximum Gasteiger partial charge on any atom is 0.261 e. The largest absolute Gasteiger partial charge is 0.366 e. The van der Waals surface area contributed by atoms with Crippen molar-refractivity contribution in [3.05, 3.63) is 111 Å². The van der Waals surface area contributed by atoms with Crippen LogP contribution in [0.4, 0.5) is 0 Å². The van der Waals surface area contributed by atoms with Crippen LogP contribution >= 0.6 is 11.3 Å². The lowest BCUT2D eigenvalue weighted by Crippen LogP contribution is -2.26. The van der Waals surface area contributed by atoms with Gasteiger partial charge in [-0.05, 0) is 90.5 Å². The lowest BCUT2D eigenvalue weighted by atomic mass is 9.96. The number of aryl methyl sites for hydroxylation is 3. The van der Waals surface area contributed by atoms with E-state index in [4.69, 9.17) is 10.7 Å². The third-order valence-electron chi connectivity index (χ3n) is 8.86. The Morgan fingerprint density at radius 3 is 2.70 bits per heavy atom. The van der Waals surface area contributed by atoms with Crippen molar-refractivity contribution in [2.75, 3.05) is 0 Å². The summed E-state index contributed by atoms with van der Waals surface area (Å²) in [6, 6.07) is 21.0. The number of nitrogens with two attached hydrogens (primary N) is 1. The van der Waals surface area contributed by atoms with Gasteiger partial charge in [-0.3, -0.25) is 9.59 Å². The van der Waals surface area contributed by atoms with Crippen LogP contribution in [0.3, 0.4) is 0 Å². The zero-order valence-electron chi connectivity index (χ0n) is 24.7. The van der Waals surface area contributed by atoms with Crippen LogP contribution < -0.4 is 11.1 Å². The number of nitrogens with zero attached hydrogens (tertiary/aromatic N) is 2. The summed E-state index contributed by atoms with van der Waals surface area (Å²) in [5.41, 5.74) is 15.5. The van der Waals surface area contributed by atoms with Crippen LogP contribution in [0.15, 0.2) is 66.9 Å². The van der Waals surface area contributed by atoms with Crippen molar-refractivity contribution in [2.45, 2.75) is 65.0 Å². The van der Waals surface area contributed by atoms with Crippen molar-refractivity contribution in [1.82, 2.24) is 14.9 Å². The molecule has 7 rings (SSSR count). The van der Waals surface area contributed by atoms with E-state index in [1.54, 1.807) is 0 Å². The number of benzene rings is 2. The number of thiophene rings is 1. The molecule has 3 heterocycles. The van der Waals surface area contributed by atoms with Gasteiger partial charge in [0.25, 0.3) is 11.8 Å². The van der Waals surface area contributed by atoms with Gasteiger partial charge in [0.2, 0.25) is 0 Å². The molecule has 0 saturated carbocycles. The van der Waals surface area contributed by atoms with Crippen molar-refractivity contribution in [3.63, 3.8) is 0 Å². The molecule has 2 aromatic carbocycles. The van der Waals surface area contributed by atoms with Gasteiger partial charge in [0.05, 0.1) is 22.2 Å². The first-order chi connectivity index (χ1) is 20.9. The zero-order chi connectivity index (χ0) is 29.7. The fourth-order valence-corrected chi connectivity index (χ4v) is 7.86. The number of nitrogens with one attached hydrogen (secondary N) is 1. The number of hydrogen-bond donors (Lipinski definition) is 2. The summed E-state index contributed by atoms with van der Waals surface area (Å²) in [5, 5.41) is 4.12. The molecule has 0 fully saturated rings. The smallest absolute Gasteiger partial charge is 0.261 e. The van der Waals surface area contributed by atoms with Crippen LogP contribution in [-0.2, 0) is 32.2 Å². The molecular formula is C36H36N4O2S. The minimum atomic E-state index is -0.492. The molecule has 43 heavy (non-hydrogen) atoms. The Balaban J connectivity index is 1.27. The van der Waals surface area contributed by atoms with E-state index in [-0.39, 0.29) is 17.9 Å². The van der Waals surface area contributed by atoms with E-state index in [1.807, 2.05) is 30.3 Å². The van der Waals surface area contributed by atoms with E-state index in [0.717, 1.165) is 47.2 Å². The minimum absolute atomic E-state index is 0.00829. The Labute approximate surface area is 256 Å². The van der Waals surface area contributed by atoms with Gasteiger partial charge in [-0.15, -0.1) is 11.3 Å². The van der Waals surface area contributed by atoms with Crippen molar-refractivity contribution < 1.29 is 9.59 Å². The molecule has 218 valence electrons. The molecule has 2 aliphatic rings. The van der Waals surface area contributed by atoms with Crippen molar-refractivity contribution in [3.8, 4) is 10.4 Å². The van der Waals surface area contributed by atoms with E-state index in [9.17, 15) is 9.59 Å². The number of aromatic nitrogens is 2. The Hall–Kier alpha value is -4.23. The second-order valence-corrected chi connectivity index (χ2v) is 13.4. The van der Waals surface area contributed by atoms with Crippen LogP contribution in [0.1, 0.15) is 86.3 Å². The monoisotopic (exact) mass is 588 g/mol. The summed E-state index contributed by atoms with van der Waals surface area (Å²) in [7, 11) is 0. The van der Waals surface area contributed by atoms with Crippen LogP contribution in [0, 0.1) is 5.92 Å². The van der Waals surface area contributed by atoms with E-state index < -0.39 is 5.91 Å². The van der Waals surface area contributed by atoms with Gasteiger partial charge >= 0.3 is 0 Å². The summed E-state index contributed by atoms with van der Waals surface area (Å²) in [6.07, 6.45) is 8.07. The van der Waals surface area contributed by atoms with Gasteiger partial charge in [0.15, 0.2) is 0 Å². The normalized spacial score (nSPS) is 15.7. The first kappa shape index (κ1) is 27.6. The second kappa shape index (κ2) is 11.1. The lowest BCUT2D eigenvalue weighted by molar-refractivity contribution is 0.0939. The highest BCUT2D eigenvalue weighted by atomic mass is 32.1. The first-order valence-corrected chi connectivity index (χ1v) is 16.1. The third kappa shape index (κ3) is 5.16. The quantitative estimate of drug-likeness (QED) is 0.204. The predicted octanol–water partition coefficient (Wildman–Crippen LogP) is 7.02. The number of hydrogen-bond acceptors (Lipinski definition) is 4. The Kier molecular flexibility index (Phi) is 7.14. The standard InChI is InChI=1S/C36H36N4O2S/c1-21(2)18-29-33(34(37)41)32(27-16-17-40(35(27)38-29)20-22-10-11-23-7-5-8-25(23)19-22)30-14-15-31(43-30)36(42)39-28-13-12-24-6-3-4-9-26(24)28/h3-4,6,9-11,14-17,19,21,28H,5,7-8,12-13,18,20H2,1-2H3,(H2,37,41)(H,39,42)/t28-/m1/s1.